The number of rotatable bonds is 3. The molecule has 0 radical (unpaired) electrons. The molecule has 0 aliphatic heterocycles. The van der Waals surface area contributed by atoms with E-state index >= 15 is 0 Å². The lowest BCUT2D eigenvalue weighted by molar-refractivity contribution is 0.103. The molecule has 0 fully saturated rings. The number of ether oxygens (including phenoxy) is 1. The van der Waals surface area contributed by atoms with Crippen LogP contribution in [0.1, 0.15) is 21.5 Å². The van der Waals surface area contributed by atoms with Crippen molar-refractivity contribution >= 4 is 29.0 Å². The zero-order valence-electron chi connectivity index (χ0n) is 10.5. The number of carbonyl (C=O) groups excluding carboxylic acids is 1. The van der Waals surface area contributed by atoms with Crippen LogP contribution in [0.25, 0.3) is 0 Å². The van der Waals surface area contributed by atoms with E-state index in [1.165, 1.54) is 7.11 Å². The van der Waals surface area contributed by atoms with Crippen molar-refractivity contribution in [1.29, 1.82) is 0 Å². The summed E-state index contributed by atoms with van der Waals surface area (Å²) in [6, 6.07) is 10.2. The van der Waals surface area contributed by atoms with Gasteiger partial charge in [-0.25, -0.2) is 0 Å². The SMILES string of the molecule is COc1ccc(C(=O)c2cc(C)cc(Cl)c2)cc1Cl. The molecule has 0 bridgehead atoms. The summed E-state index contributed by atoms with van der Waals surface area (Å²) in [6.45, 7) is 1.89. The molecule has 0 spiro atoms. The van der Waals surface area contributed by atoms with Crippen LogP contribution in [0.15, 0.2) is 36.4 Å². The lowest BCUT2D eigenvalue weighted by Gasteiger charge is -2.07. The molecular formula is C15H12Cl2O2. The predicted molar refractivity (Wildman–Crippen MR) is 77.6 cm³/mol. The quantitative estimate of drug-likeness (QED) is 0.777. The molecule has 0 amide bonds. The van der Waals surface area contributed by atoms with Crippen molar-refractivity contribution in [2.45, 2.75) is 6.92 Å². The minimum atomic E-state index is -0.116. The monoisotopic (exact) mass is 294 g/mol. The Morgan fingerprint density at radius 2 is 1.79 bits per heavy atom. The molecule has 19 heavy (non-hydrogen) atoms. The van der Waals surface area contributed by atoms with Gasteiger partial charge in [0.1, 0.15) is 5.75 Å². The smallest absolute Gasteiger partial charge is 0.193 e. The molecule has 2 aromatic carbocycles. The first-order valence-corrected chi connectivity index (χ1v) is 6.42. The molecule has 0 atom stereocenters. The zero-order chi connectivity index (χ0) is 14.0. The van der Waals surface area contributed by atoms with E-state index in [0.717, 1.165) is 5.56 Å². The Morgan fingerprint density at radius 3 is 2.37 bits per heavy atom. The summed E-state index contributed by atoms with van der Waals surface area (Å²) in [6.07, 6.45) is 0. The fourth-order valence-corrected chi connectivity index (χ4v) is 2.39. The van der Waals surface area contributed by atoms with Crippen LogP contribution in [0.2, 0.25) is 10.0 Å². The topological polar surface area (TPSA) is 26.3 Å². The van der Waals surface area contributed by atoms with Crippen LogP contribution in [0.4, 0.5) is 0 Å². The summed E-state index contributed by atoms with van der Waals surface area (Å²) >= 11 is 12.0. The Bertz CT molecular complexity index is 616. The van der Waals surface area contributed by atoms with Gasteiger partial charge in [0.25, 0.3) is 0 Å². The van der Waals surface area contributed by atoms with Crippen LogP contribution < -0.4 is 4.74 Å². The maximum atomic E-state index is 12.3. The van der Waals surface area contributed by atoms with Crippen LogP contribution in [0.3, 0.4) is 0 Å². The molecule has 0 unspecified atom stereocenters. The van der Waals surface area contributed by atoms with Crippen molar-refractivity contribution in [2.24, 2.45) is 0 Å². The molecule has 4 heteroatoms. The molecule has 0 aliphatic carbocycles. The number of benzene rings is 2. The van der Waals surface area contributed by atoms with Gasteiger partial charge >= 0.3 is 0 Å². The van der Waals surface area contributed by atoms with E-state index in [-0.39, 0.29) is 5.78 Å². The number of carbonyl (C=O) groups is 1. The fourth-order valence-electron chi connectivity index (χ4n) is 1.84. The third-order valence-corrected chi connectivity index (χ3v) is 3.23. The van der Waals surface area contributed by atoms with Gasteiger partial charge in [-0.05, 0) is 48.9 Å². The number of methoxy groups -OCH3 is 1. The molecule has 0 N–H and O–H groups in total. The third-order valence-electron chi connectivity index (χ3n) is 2.72. The van der Waals surface area contributed by atoms with Gasteiger partial charge in [0.2, 0.25) is 0 Å². The summed E-state index contributed by atoms with van der Waals surface area (Å²) in [5.41, 5.74) is 1.99. The number of halogens is 2. The summed E-state index contributed by atoms with van der Waals surface area (Å²) in [5, 5.41) is 0.954. The van der Waals surface area contributed by atoms with E-state index in [2.05, 4.69) is 0 Å². The summed E-state index contributed by atoms with van der Waals surface area (Å²) in [5.74, 6) is 0.427. The maximum absolute atomic E-state index is 12.3. The lowest BCUT2D eigenvalue weighted by atomic mass is 10.0. The second-order valence-corrected chi connectivity index (χ2v) is 5.04. The van der Waals surface area contributed by atoms with Crippen molar-refractivity contribution in [1.82, 2.24) is 0 Å². The van der Waals surface area contributed by atoms with Crippen molar-refractivity contribution in [3.05, 3.63) is 63.1 Å². The second kappa shape index (κ2) is 5.64. The van der Waals surface area contributed by atoms with Crippen LogP contribution in [-0.2, 0) is 0 Å². The van der Waals surface area contributed by atoms with Crippen molar-refractivity contribution in [3.8, 4) is 5.75 Å². The molecular weight excluding hydrogens is 283 g/mol. The molecule has 0 saturated heterocycles. The number of ketones is 1. The van der Waals surface area contributed by atoms with Gasteiger partial charge in [-0.15, -0.1) is 0 Å². The van der Waals surface area contributed by atoms with Gasteiger partial charge in [-0.1, -0.05) is 23.2 Å². The van der Waals surface area contributed by atoms with Crippen LogP contribution >= 0.6 is 23.2 Å². The van der Waals surface area contributed by atoms with Gasteiger partial charge in [-0.3, -0.25) is 4.79 Å². The Labute approximate surface area is 121 Å². The minimum Gasteiger partial charge on any atom is -0.495 e. The minimum absolute atomic E-state index is 0.116. The van der Waals surface area contributed by atoms with Gasteiger partial charge in [0, 0.05) is 16.1 Å². The van der Waals surface area contributed by atoms with Gasteiger partial charge in [0.05, 0.1) is 12.1 Å². The maximum Gasteiger partial charge on any atom is 0.193 e. The molecule has 0 heterocycles. The molecule has 98 valence electrons. The molecule has 2 nitrogen and oxygen atoms in total. The highest BCUT2D eigenvalue weighted by Gasteiger charge is 2.12. The first-order chi connectivity index (χ1) is 9.01. The van der Waals surface area contributed by atoms with Crippen molar-refractivity contribution < 1.29 is 9.53 Å². The number of hydrogen-bond acceptors (Lipinski definition) is 2. The largest absolute Gasteiger partial charge is 0.495 e. The van der Waals surface area contributed by atoms with Crippen molar-refractivity contribution in [3.63, 3.8) is 0 Å². The predicted octanol–water partition coefficient (Wildman–Crippen LogP) is 4.54. The fraction of sp³-hybridized carbons (Fsp3) is 0.133. The third kappa shape index (κ3) is 3.09. The Morgan fingerprint density at radius 1 is 1.05 bits per heavy atom. The van der Waals surface area contributed by atoms with Crippen LogP contribution in [-0.4, -0.2) is 12.9 Å². The highest BCUT2D eigenvalue weighted by atomic mass is 35.5. The average Bonchev–Trinajstić information content (AvgIpc) is 2.36. The lowest BCUT2D eigenvalue weighted by Crippen LogP contribution is -2.02. The van der Waals surface area contributed by atoms with Gasteiger partial charge in [-0.2, -0.15) is 0 Å². The molecule has 2 aromatic rings. The van der Waals surface area contributed by atoms with E-state index in [4.69, 9.17) is 27.9 Å². The molecule has 2 rings (SSSR count). The first kappa shape index (κ1) is 13.9. The van der Waals surface area contributed by atoms with E-state index in [9.17, 15) is 4.79 Å². The highest BCUT2D eigenvalue weighted by molar-refractivity contribution is 6.33. The van der Waals surface area contributed by atoms with Crippen LogP contribution in [0.5, 0.6) is 5.75 Å². The number of aryl methyl sites for hydroxylation is 1. The molecule has 0 aromatic heterocycles. The van der Waals surface area contributed by atoms with E-state index < -0.39 is 0 Å². The Balaban J connectivity index is 2.41. The normalized spacial score (nSPS) is 10.3. The van der Waals surface area contributed by atoms with Gasteiger partial charge in [0.15, 0.2) is 5.78 Å². The standard InChI is InChI=1S/C15H12Cl2O2/c1-9-5-11(7-12(16)6-9)15(18)10-3-4-14(19-2)13(17)8-10/h3-8H,1-2H3. The molecule has 0 aliphatic rings. The van der Waals surface area contributed by atoms with E-state index in [1.54, 1.807) is 36.4 Å². The Hall–Kier alpha value is -1.51. The first-order valence-electron chi connectivity index (χ1n) is 5.66. The average molecular weight is 295 g/mol. The van der Waals surface area contributed by atoms with Crippen molar-refractivity contribution in [2.75, 3.05) is 7.11 Å². The van der Waals surface area contributed by atoms with E-state index in [1.807, 2.05) is 6.92 Å². The molecule has 0 saturated carbocycles. The second-order valence-electron chi connectivity index (χ2n) is 4.20. The number of hydrogen-bond donors (Lipinski definition) is 0. The van der Waals surface area contributed by atoms with Gasteiger partial charge < -0.3 is 4.74 Å². The highest BCUT2D eigenvalue weighted by Crippen LogP contribution is 2.26. The summed E-state index contributed by atoms with van der Waals surface area (Å²) in [4.78, 5) is 12.3. The van der Waals surface area contributed by atoms with Crippen LogP contribution in [0, 0.1) is 6.92 Å². The summed E-state index contributed by atoms with van der Waals surface area (Å²) in [7, 11) is 1.53. The summed E-state index contributed by atoms with van der Waals surface area (Å²) < 4.78 is 5.06. The zero-order valence-corrected chi connectivity index (χ0v) is 12.0. The Kier molecular flexibility index (Phi) is 4.13. The van der Waals surface area contributed by atoms with E-state index in [0.29, 0.717) is 26.9 Å².